The van der Waals surface area contributed by atoms with E-state index in [2.05, 4.69) is 35.4 Å². The van der Waals surface area contributed by atoms with Crippen LogP contribution in [0, 0.1) is 0 Å². The van der Waals surface area contributed by atoms with E-state index >= 15 is 0 Å². The number of H-pyrrole nitrogens is 1. The van der Waals surface area contributed by atoms with Gasteiger partial charge in [-0.3, -0.25) is 18.4 Å². The third kappa shape index (κ3) is 6.81. The molecule has 9 rings (SSSR count). The topological polar surface area (TPSA) is 137 Å². The first-order valence-electron chi connectivity index (χ1n) is 17.2. The van der Waals surface area contributed by atoms with Gasteiger partial charge in [-0.25, -0.2) is 15.0 Å². The summed E-state index contributed by atoms with van der Waals surface area (Å²) in [6.45, 7) is 7.54. The average molecular weight is 717 g/mol. The molecule has 14 heteroatoms. The highest BCUT2D eigenvalue weighted by molar-refractivity contribution is 6.32. The van der Waals surface area contributed by atoms with Crippen molar-refractivity contribution in [1.82, 2.24) is 39.4 Å². The van der Waals surface area contributed by atoms with Crippen molar-refractivity contribution in [3.63, 3.8) is 0 Å². The molecule has 0 atom stereocenters. The van der Waals surface area contributed by atoms with Crippen LogP contribution in [-0.2, 0) is 0 Å². The number of anilines is 2. The molecule has 0 aliphatic carbocycles. The van der Waals surface area contributed by atoms with Crippen LogP contribution in [0.2, 0.25) is 5.02 Å². The van der Waals surface area contributed by atoms with Crippen molar-refractivity contribution in [1.29, 1.82) is 0 Å². The highest BCUT2D eigenvalue weighted by Crippen LogP contribution is 2.27. The van der Waals surface area contributed by atoms with E-state index in [4.69, 9.17) is 21.3 Å². The Labute approximate surface area is 303 Å². The van der Waals surface area contributed by atoms with Gasteiger partial charge in [-0.15, -0.1) is 0 Å². The third-order valence-electron chi connectivity index (χ3n) is 9.40. The zero-order valence-corrected chi connectivity index (χ0v) is 29.3. The lowest BCUT2D eigenvalue weighted by Gasteiger charge is -2.29. The maximum Gasteiger partial charge on any atom is 0.258 e. The minimum atomic E-state index is -0.145. The number of pyridine rings is 3. The second-order valence-electron chi connectivity index (χ2n) is 12.7. The molecule has 8 heterocycles. The first kappa shape index (κ1) is 33.4. The van der Waals surface area contributed by atoms with Gasteiger partial charge >= 0.3 is 0 Å². The number of halogens is 1. The molecule has 0 saturated carbocycles. The van der Waals surface area contributed by atoms with Gasteiger partial charge in [0.1, 0.15) is 16.3 Å². The second kappa shape index (κ2) is 14.5. The van der Waals surface area contributed by atoms with Gasteiger partial charge in [-0.05, 0) is 47.9 Å². The van der Waals surface area contributed by atoms with Crippen molar-refractivity contribution in [2.45, 2.75) is 0 Å². The Bertz CT molecular complexity index is 2520. The van der Waals surface area contributed by atoms with Crippen molar-refractivity contribution in [2.24, 2.45) is 0 Å². The first-order chi connectivity index (χ1) is 25.4. The summed E-state index contributed by atoms with van der Waals surface area (Å²) in [7, 11) is 1.50. The van der Waals surface area contributed by atoms with Crippen LogP contribution in [-0.4, -0.2) is 88.2 Å². The summed E-state index contributed by atoms with van der Waals surface area (Å²) < 4.78 is 8.26. The van der Waals surface area contributed by atoms with Crippen molar-refractivity contribution < 1.29 is 4.74 Å². The average Bonchev–Trinajstić information content (AvgIpc) is 3.67. The lowest BCUT2D eigenvalue weighted by molar-refractivity contribution is 0.398. The fourth-order valence-electron chi connectivity index (χ4n) is 6.62. The Morgan fingerprint density at radius 3 is 1.83 bits per heavy atom. The largest absolute Gasteiger partial charge is 0.480 e. The second-order valence-corrected chi connectivity index (χ2v) is 13.1. The molecular weight excluding hydrogens is 680 g/mol. The van der Waals surface area contributed by atoms with Crippen LogP contribution in [0.3, 0.4) is 0 Å². The predicted octanol–water partition coefficient (Wildman–Crippen LogP) is 4.08. The molecule has 264 valence electrons. The molecule has 0 radical (unpaired) electrons. The van der Waals surface area contributed by atoms with Crippen LogP contribution < -0.4 is 36.3 Å². The molecule has 13 nitrogen and oxygen atoms in total. The van der Waals surface area contributed by atoms with Gasteiger partial charge in [0.15, 0.2) is 0 Å². The highest BCUT2D eigenvalue weighted by Gasteiger charge is 2.15. The summed E-state index contributed by atoms with van der Waals surface area (Å²) in [5.41, 5.74) is 6.99. The summed E-state index contributed by atoms with van der Waals surface area (Å²) in [6.07, 6.45) is 7.25. The van der Waals surface area contributed by atoms with E-state index in [1.165, 1.54) is 13.2 Å². The highest BCUT2D eigenvalue weighted by atomic mass is 35.5. The zero-order valence-electron chi connectivity index (χ0n) is 28.6. The number of rotatable bonds is 5. The fourth-order valence-corrected chi connectivity index (χ4v) is 6.87. The van der Waals surface area contributed by atoms with Gasteiger partial charge in [-0.2, -0.15) is 0 Å². The number of hydrogen-bond acceptors (Lipinski definition) is 10. The maximum absolute atomic E-state index is 12.7. The Hall–Kier alpha value is -5.76. The maximum atomic E-state index is 12.7. The molecule has 2 fully saturated rings. The number of benzene rings is 1. The number of ether oxygens (including phenoxy) is 1. The number of hydrogen-bond donors (Lipinski definition) is 3. The van der Waals surface area contributed by atoms with Crippen LogP contribution in [0.25, 0.3) is 44.7 Å². The van der Waals surface area contributed by atoms with E-state index < -0.39 is 0 Å². The Morgan fingerprint density at radius 1 is 0.692 bits per heavy atom. The van der Waals surface area contributed by atoms with Crippen LogP contribution in [0.15, 0.2) is 101 Å². The molecule has 2 aliphatic heterocycles. The van der Waals surface area contributed by atoms with E-state index in [0.29, 0.717) is 39.1 Å². The van der Waals surface area contributed by atoms with Gasteiger partial charge in [0.05, 0.1) is 29.9 Å². The lowest BCUT2D eigenvalue weighted by atomic mass is 10.1. The molecule has 2 aliphatic rings. The number of fused-ring (bicyclic) bond motifs is 3. The molecule has 0 amide bonds. The number of aromatic amines is 1. The summed E-state index contributed by atoms with van der Waals surface area (Å²) in [4.78, 5) is 46.5. The van der Waals surface area contributed by atoms with E-state index in [1.54, 1.807) is 27.1 Å². The molecular formula is C38H37ClN10O3. The third-order valence-corrected chi connectivity index (χ3v) is 9.67. The van der Waals surface area contributed by atoms with Gasteiger partial charge in [0, 0.05) is 106 Å². The van der Waals surface area contributed by atoms with Crippen LogP contribution in [0.1, 0.15) is 0 Å². The van der Waals surface area contributed by atoms with Crippen molar-refractivity contribution in [3.05, 3.63) is 117 Å². The molecule has 0 bridgehead atoms. The number of piperazine rings is 2. The summed E-state index contributed by atoms with van der Waals surface area (Å²) in [5, 5.41) is 8.19. The number of nitrogens with one attached hydrogen (secondary N) is 3. The van der Waals surface area contributed by atoms with Crippen LogP contribution in [0.4, 0.5) is 11.4 Å². The summed E-state index contributed by atoms with van der Waals surface area (Å²) in [6, 6.07) is 20.7. The molecule has 52 heavy (non-hydrogen) atoms. The minimum Gasteiger partial charge on any atom is -0.480 e. The van der Waals surface area contributed by atoms with E-state index in [-0.39, 0.29) is 11.1 Å². The van der Waals surface area contributed by atoms with Crippen LogP contribution >= 0.6 is 11.6 Å². The van der Waals surface area contributed by atoms with Crippen LogP contribution in [0.5, 0.6) is 5.88 Å². The van der Waals surface area contributed by atoms with E-state index in [1.807, 2.05) is 67.1 Å². The van der Waals surface area contributed by atoms with Gasteiger partial charge < -0.3 is 30.2 Å². The first-order valence-corrected chi connectivity index (χ1v) is 17.6. The van der Waals surface area contributed by atoms with Crippen molar-refractivity contribution >= 4 is 45.2 Å². The fraction of sp³-hybridized carbons (Fsp3) is 0.237. The van der Waals surface area contributed by atoms with E-state index in [0.717, 1.165) is 80.2 Å². The standard InChI is InChI=1S/C20H19N5O.C18H18ClN5O2/c26-20-12-18(15-2-1-14-5-6-22-17(14)11-15)23-19-4-3-16(13-25(19)20)24-9-7-21-8-10-24;1-26-18-14(19)8-12(10-21-18)15-9-17(25)24-11-13(2-3-16(24)22-15)23-6-4-20-5-7-23/h1-6,11-13,21-22H,7-10H2;2-3,8-11,20H,4-7H2,1H3. The van der Waals surface area contributed by atoms with Gasteiger partial charge in [0.25, 0.3) is 11.1 Å². The number of nitrogens with zero attached hydrogens (tertiary/aromatic N) is 7. The Balaban J connectivity index is 0.000000149. The lowest BCUT2D eigenvalue weighted by Crippen LogP contribution is -2.43. The SMILES string of the molecule is COc1ncc(-c2cc(=O)n3cc(N4CCNCC4)ccc3n2)cc1Cl.O=c1cc(-c2ccc3cc[nH]c3c2)nc2ccc(N3CCNCC3)cn12. The number of aromatic nitrogens is 6. The molecule has 2 saturated heterocycles. The molecule has 6 aromatic heterocycles. The number of methoxy groups -OCH3 is 1. The monoisotopic (exact) mass is 716 g/mol. The Morgan fingerprint density at radius 2 is 1.27 bits per heavy atom. The molecule has 7 aromatic rings. The smallest absolute Gasteiger partial charge is 0.258 e. The van der Waals surface area contributed by atoms with E-state index in [9.17, 15) is 9.59 Å². The molecule has 0 spiro atoms. The predicted molar refractivity (Wildman–Crippen MR) is 205 cm³/mol. The van der Waals surface area contributed by atoms with Gasteiger partial charge in [-0.1, -0.05) is 23.7 Å². The molecule has 3 N–H and O–H groups in total. The summed E-state index contributed by atoms with van der Waals surface area (Å²) >= 11 is 6.13. The summed E-state index contributed by atoms with van der Waals surface area (Å²) in [5.74, 6) is 0.341. The van der Waals surface area contributed by atoms with Crippen molar-refractivity contribution in [2.75, 3.05) is 69.3 Å². The zero-order chi connectivity index (χ0) is 35.6. The normalized spacial score (nSPS) is 14.8. The quantitative estimate of drug-likeness (QED) is 0.239. The Kier molecular flexibility index (Phi) is 9.29. The minimum absolute atomic E-state index is 0.0615. The van der Waals surface area contributed by atoms with Crippen molar-refractivity contribution in [3.8, 4) is 28.4 Å². The van der Waals surface area contributed by atoms with Gasteiger partial charge in [0.2, 0.25) is 5.88 Å². The molecule has 1 aromatic carbocycles. The molecule has 0 unspecified atom stereocenters.